The Morgan fingerprint density at radius 3 is 2.47 bits per heavy atom. The van der Waals surface area contributed by atoms with Crippen LogP contribution in [-0.4, -0.2) is 43.3 Å². The molecule has 0 aliphatic heterocycles. The Balaban J connectivity index is 4.06. The Morgan fingerprint density at radius 1 is 1.37 bits per heavy atom. The van der Waals surface area contributed by atoms with Crippen molar-refractivity contribution in [3.63, 3.8) is 0 Å². The van der Waals surface area contributed by atoms with Gasteiger partial charge in [-0.25, -0.2) is 0 Å². The molecule has 0 bridgehead atoms. The van der Waals surface area contributed by atoms with Gasteiger partial charge in [0.25, 0.3) is 0 Å². The predicted octanol–water partition coefficient (Wildman–Crippen LogP) is 0.603. The Morgan fingerprint density at radius 2 is 2.00 bits per heavy atom. The molecule has 6 nitrogen and oxygen atoms in total. The van der Waals surface area contributed by atoms with Crippen LogP contribution < -0.4 is 11.1 Å². The van der Waals surface area contributed by atoms with Gasteiger partial charge in [0.05, 0.1) is 12.0 Å². The van der Waals surface area contributed by atoms with E-state index in [-0.39, 0.29) is 18.4 Å². The van der Waals surface area contributed by atoms with Gasteiger partial charge in [-0.1, -0.05) is 13.8 Å². The highest BCUT2D eigenvalue weighted by Gasteiger charge is 2.21. The molecule has 19 heavy (non-hydrogen) atoms. The van der Waals surface area contributed by atoms with Crippen LogP contribution in [0.15, 0.2) is 0 Å². The fraction of sp³-hybridized carbons (Fsp3) is 0.846. The van der Waals surface area contributed by atoms with Crippen molar-refractivity contribution in [2.75, 3.05) is 20.3 Å². The van der Waals surface area contributed by atoms with E-state index in [2.05, 4.69) is 5.32 Å². The number of ether oxygens (including phenoxy) is 1. The van der Waals surface area contributed by atoms with Gasteiger partial charge < -0.3 is 20.9 Å². The largest absolute Gasteiger partial charge is 0.481 e. The second-order valence-electron chi connectivity index (χ2n) is 5.15. The monoisotopic (exact) mass is 274 g/mol. The SMILES string of the molecule is COCCCC(N)C(=O)NCC(CC(C)C)C(=O)O. The Bertz CT molecular complexity index is 282. The highest BCUT2D eigenvalue weighted by Crippen LogP contribution is 2.11. The first-order chi connectivity index (χ1) is 8.88. The maximum absolute atomic E-state index is 11.7. The second kappa shape index (κ2) is 9.75. The van der Waals surface area contributed by atoms with Crippen LogP contribution >= 0.6 is 0 Å². The lowest BCUT2D eigenvalue weighted by Crippen LogP contribution is -2.43. The van der Waals surface area contributed by atoms with Gasteiger partial charge in [-0.2, -0.15) is 0 Å². The van der Waals surface area contributed by atoms with Crippen LogP contribution in [0.3, 0.4) is 0 Å². The van der Waals surface area contributed by atoms with Crippen LogP contribution in [-0.2, 0) is 14.3 Å². The standard InChI is InChI=1S/C13H26N2O4/c1-9(2)7-10(13(17)18)8-15-12(16)11(14)5-4-6-19-3/h9-11H,4-8,14H2,1-3H3,(H,15,16)(H,17,18). The molecule has 1 amide bonds. The van der Waals surface area contributed by atoms with Gasteiger partial charge in [0.15, 0.2) is 0 Å². The molecule has 0 aromatic heterocycles. The number of carbonyl (C=O) groups excluding carboxylic acids is 1. The number of amides is 1. The van der Waals surface area contributed by atoms with Crippen LogP contribution in [0, 0.1) is 11.8 Å². The number of hydrogen-bond donors (Lipinski definition) is 3. The smallest absolute Gasteiger partial charge is 0.308 e. The summed E-state index contributed by atoms with van der Waals surface area (Å²) in [6, 6.07) is -0.608. The van der Waals surface area contributed by atoms with Gasteiger partial charge in [-0.05, 0) is 25.2 Å². The molecular weight excluding hydrogens is 248 g/mol. The van der Waals surface area contributed by atoms with E-state index in [9.17, 15) is 9.59 Å². The molecule has 6 heteroatoms. The summed E-state index contributed by atoms with van der Waals surface area (Å²) < 4.78 is 4.88. The summed E-state index contributed by atoms with van der Waals surface area (Å²) in [6.07, 6.45) is 1.77. The minimum Gasteiger partial charge on any atom is -0.481 e. The molecule has 112 valence electrons. The van der Waals surface area contributed by atoms with Crippen molar-refractivity contribution in [3.05, 3.63) is 0 Å². The van der Waals surface area contributed by atoms with Crippen molar-refractivity contribution in [1.82, 2.24) is 5.32 Å². The quantitative estimate of drug-likeness (QED) is 0.506. The molecular formula is C13H26N2O4. The Hall–Kier alpha value is -1.14. The highest BCUT2D eigenvalue weighted by atomic mass is 16.5. The minimum atomic E-state index is -0.887. The zero-order valence-corrected chi connectivity index (χ0v) is 12.0. The summed E-state index contributed by atoms with van der Waals surface area (Å²) in [6.45, 7) is 4.60. The maximum atomic E-state index is 11.7. The normalized spacial score (nSPS) is 14.2. The number of aliphatic carboxylic acids is 1. The Labute approximate surface area is 114 Å². The van der Waals surface area contributed by atoms with Gasteiger partial charge in [0.2, 0.25) is 5.91 Å². The van der Waals surface area contributed by atoms with Crippen molar-refractivity contribution in [3.8, 4) is 0 Å². The maximum Gasteiger partial charge on any atom is 0.308 e. The van der Waals surface area contributed by atoms with E-state index < -0.39 is 17.9 Å². The highest BCUT2D eigenvalue weighted by molar-refractivity contribution is 5.82. The molecule has 4 N–H and O–H groups in total. The average Bonchev–Trinajstić information content (AvgIpc) is 2.33. The molecule has 0 saturated carbocycles. The van der Waals surface area contributed by atoms with Crippen molar-refractivity contribution in [2.45, 2.75) is 39.2 Å². The summed E-state index contributed by atoms with van der Waals surface area (Å²) in [5.74, 6) is -1.48. The molecule has 0 aromatic rings. The molecule has 0 spiro atoms. The van der Waals surface area contributed by atoms with Crippen molar-refractivity contribution >= 4 is 11.9 Å². The van der Waals surface area contributed by atoms with Crippen molar-refractivity contribution in [1.29, 1.82) is 0 Å². The fourth-order valence-electron chi connectivity index (χ4n) is 1.77. The number of nitrogens with one attached hydrogen (secondary N) is 1. The summed E-state index contributed by atoms with van der Waals surface area (Å²) in [4.78, 5) is 22.7. The summed E-state index contributed by atoms with van der Waals surface area (Å²) in [5.41, 5.74) is 5.71. The van der Waals surface area contributed by atoms with E-state index in [0.29, 0.717) is 25.9 Å². The number of carboxylic acids is 1. The first kappa shape index (κ1) is 17.9. The van der Waals surface area contributed by atoms with E-state index in [1.54, 1.807) is 7.11 Å². The van der Waals surface area contributed by atoms with Gasteiger partial charge in [0.1, 0.15) is 0 Å². The number of nitrogens with two attached hydrogens (primary N) is 1. The molecule has 2 unspecified atom stereocenters. The topological polar surface area (TPSA) is 102 Å². The van der Waals surface area contributed by atoms with Crippen molar-refractivity contribution < 1.29 is 19.4 Å². The van der Waals surface area contributed by atoms with E-state index in [1.165, 1.54) is 0 Å². The van der Waals surface area contributed by atoms with Gasteiger partial charge >= 0.3 is 5.97 Å². The van der Waals surface area contributed by atoms with E-state index in [4.69, 9.17) is 15.6 Å². The molecule has 0 aromatic carbocycles. The molecule has 0 rings (SSSR count). The summed E-state index contributed by atoms with van der Waals surface area (Å²) in [5, 5.41) is 11.7. The first-order valence-electron chi connectivity index (χ1n) is 6.63. The number of hydrogen-bond acceptors (Lipinski definition) is 4. The van der Waals surface area contributed by atoms with Gasteiger partial charge in [0, 0.05) is 20.3 Å². The molecule has 0 aliphatic carbocycles. The summed E-state index contributed by atoms with van der Waals surface area (Å²) >= 11 is 0. The third-order valence-electron chi connectivity index (χ3n) is 2.83. The lowest BCUT2D eigenvalue weighted by atomic mass is 9.97. The van der Waals surface area contributed by atoms with E-state index in [1.807, 2.05) is 13.8 Å². The second-order valence-corrected chi connectivity index (χ2v) is 5.15. The van der Waals surface area contributed by atoms with Crippen LogP contribution in [0.4, 0.5) is 0 Å². The van der Waals surface area contributed by atoms with Crippen LogP contribution in [0.2, 0.25) is 0 Å². The number of rotatable bonds is 10. The minimum absolute atomic E-state index is 0.129. The van der Waals surface area contributed by atoms with Crippen LogP contribution in [0.1, 0.15) is 33.1 Å². The van der Waals surface area contributed by atoms with Crippen molar-refractivity contribution in [2.24, 2.45) is 17.6 Å². The molecule has 0 aliphatic rings. The average molecular weight is 274 g/mol. The fourth-order valence-corrected chi connectivity index (χ4v) is 1.77. The lowest BCUT2D eigenvalue weighted by Gasteiger charge is -2.17. The van der Waals surface area contributed by atoms with Crippen LogP contribution in [0.25, 0.3) is 0 Å². The Kier molecular flexibility index (Phi) is 9.16. The molecule has 0 saturated heterocycles. The van der Waals surface area contributed by atoms with Gasteiger partial charge in [-0.3, -0.25) is 9.59 Å². The number of carboxylic acid groups (broad SMARTS) is 1. The molecule has 0 heterocycles. The molecule has 0 radical (unpaired) electrons. The zero-order chi connectivity index (χ0) is 14.8. The third-order valence-corrected chi connectivity index (χ3v) is 2.83. The zero-order valence-electron chi connectivity index (χ0n) is 12.0. The molecule has 0 fully saturated rings. The third kappa shape index (κ3) is 8.56. The molecule has 2 atom stereocenters. The van der Waals surface area contributed by atoms with E-state index in [0.717, 1.165) is 0 Å². The van der Waals surface area contributed by atoms with Gasteiger partial charge in [-0.15, -0.1) is 0 Å². The predicted molar refractivity (Wildman–Crippen MR) is 72.7 cm³/mol. The summed E-state index contributed by atoms with van der Waals surface area (Å²) in [7, 11) is 1.59. The van der Waals surface area contributed by atoms with E-state index >= 15 is 0 Å². The number of carbonyl (C=O) groups is 2. The van der Waals surface area contributed by atoms with Crippen LogP contribution in [0.5, 0.6) is 0 Å². The number of methoxy groups -OCH3 is 1. The first-order valence-corrected chi connectivity index (χ1v) is 6.63. The lowest BCUT2D eigenvalue weighted by molar-refractivity contribution is -0.142.